The molecule has 0 fully saturated rings. The minimum Gasteiger partial charge on any atom is -0.488 e. The van der Waals surface area contributed by atoms with E-state index in [0.717, 1.165) is 22.6 Å². The Morgan fingerprint density at radius 3 is 2.74 bits per heavy atom. The summed E-state index contributed by atoms with van der Waals surface area (Å²) in [4.78, 5) is 21.1. The van der Waals surface area contributed by atoms with E-state index < -0.39 is 0 Å². The van der Waals surface area contributed by atoms with E-state index in [-0.39, 0.29) is 11.3 Å². The number of rotatable bonds is 4. The average Bonchev–Trinajstić information content (AvgIpc) is 3.17. The highest BCUT2D eigenvalue weighted by Crippen LogP contribution is 2.29. The first-order chi connectivity index (χ1) is 14.8. The molecule has 1 aromatic carbocycles. The van der Waals surface area contributed by atoms with Gasteiger partial charge in [0.25, 0.3) is 5.95 Å². The first kappa shape index (κ1) is 20.8. The van der Waals surface area contributed by atoms with Gasteiger partial charge in [-0.15, -0.1) is 0 Å². The lowest BCUT2D eigenvalue weighted by atomic mass is 9.92. The summed E-state index contributed by atoms with van der Waals surface area (Å²) in [6.45, 7) is 6.53. The van der Waals surface area contributed by atoms with Crippen molar-refractivity contribution in [3.8, 4) is 11.7 Å². The van der Waals surface area contributed by atoms with Crippen molar-refractivity contribution < 1.29 is 9.53 Å². The van der Waals surface area contributed by atoms with Crippen molar-refractivity contribution in [2.75, 3.05) is 11.9 Å². The normalized spacial score (nSPS) is 13.5. The monoisotopic (exact) mass is 435 g/mol. The van der Waals surface area contributed by atoms with Gasteiger partial charge in [-0.2, -0.15) is 9.78 Å². The molecule has 0 unspecified atom stereocenters. The molecule has 4 rings (SSSR count). The van der Waals surface area contributed by atoms with Crippen molar-refractivity contribution in [1.82, 2.24) is 19.7 Å². The number of hydrogen-bond acceptors (Lipinski definition) is 5. The summed E-state index contributed by atoms with van der Waals surface area (Å²) in [6, 6.07) is 9.01. The van der Waals surface area contributed by atoms with E-state index in [4.69, 9.17) is 16.3 Å². The molecule has 8 heteroatoms. The number of benzene rings is 1. The largest absolute Gasteiger partial charge is 0.488 e. The number of fused-ring (bicyclic) bond motifs is 1. The fraction of sp³-hybridized carbons (Fsp3) is 0.217. The van der Waals surface area contributed by atoms with Crippen molar-refractivity contribution in [2.45, 2.75) is 26.2 Å². The predicted octanol–water partition coefficient (Wildman–Crippen LogP) is 4.58. The number of carbonyl (C=O) groups is 1. The standard InChI is InChI=1S/C23H22ClN5O2/c1-23(2,3)19-13-20(29(28-19)22-25-9-4-10-26-22)27-21(30)8-5-15-11-16-12-17(24)6-7-18(16)31-14-15/h4-13H,14H2,1-3H3,(H,27,30)/b8-5+. The maximum Gasteiger partial charge on any atom is 0.252 e. The molecule has 0 radical (unpaired) electrons. The van der Waals surface area contributed by atoms with Gasteiger partial charge in [-0.1, -0.05) is 38.4 Å². The molecular formula is C23H22ClN5O2. The predicted molar refractivity (Wildman–Crippen MR) is 121 cm³/mol. The van der Waals surface area contributed by atoms with Crippen molar-refractivity contribution >= 4 is 29.4 Å². The molecule has 7 nitrogen and oxygen atoms in total. The summed E-state index contributed by atoms with van der Waals surface area (Å²) in [5.41, 5.74) is 2.36. The van der Waals surface area contributed by atoms with Crippen LogP contribution in [-0.2, 0) is 10.2 Å². The third kappa shape index (κ3) is 4.83. The third-order valence-corrected chi connectivity index (χ3v) is 4.86. The lowest BCUT2D eigenvalue weighted by molar-refractivity contribution is -0.111. The zero-order chi connectivity index (χ0) is 22.0. The van der Waals surface area contributed by atoms with E-state index in [1.54, 1.807) is 30.6 Å². The van der Waals surface area contributed by atoms with Gasteiger partial charge in [0.2, 0.25) is 5.91 Å². The van der Waals surface area contributed by atoms with Gasteiger partial charge in [-0.3, -0.25) is 4.79 Å². The minimum atomic E-state index is -0.296. The van der Waals surface area contributed by atoms with E-state index in [9.17, 15) is 4.79 Å². The molecule has 3 heterocycles. The van der Waals surface area contributed by atoms with Gasteiger partial charge >= 0.3 is 0 Å². The van der Waals surface area contributed by atoms with Crippen LogP contribution in [0.25, 0.3) is 12.0 Å². The van der Waals surface area contributed by atoms with Gasteiger partial charge in [0.15, 0.2) is 0 Å². The maximum atomic E-state index is 12.6. The van der Waals surface area contributed by atoms with Gasteiger partial charge < -0.3 is 10.1 Å². The van der Waals surface area contributed by atoms with Gasteiger partial charge in [0, 0.05) is 40.5 Å². The van der Waals surface area contributed by atoms with Crippen LogP contribution < -0.4 is 10.1 Å². The third-order valence-electron chi connectivity index (χ3n) is 4.63. The minimum absolute atomic E-state index is 0.200. The highest BCUT2D eigenvalue weighted by molar-refractivity contribution is 6.30. The number of halogens is 1. The highest BCUT2D eigenvalue weighted by atomic mass is 35.5. The van der Waals surface area contributed by atoms with Crippen LogP contribution in [0.3, 0.4) is 0 Å². The smallest absolute Gasteiger partial charge is 0.252 e. The Bertz CT molecular complexity index is 1180. The zero-order valence-electron chi connectivity index (χ0n) is 17.5. The second-order valence-electron chi connectivity index (χ2n) is 8.14. The molecule has 0 atom stereocenters. The maximum absolute atomic E-state index is 12.6. The van der Waals surface area contributed by atoms with E-state index in [1.165, 1.54) is 10.8 Å². The quantitative estimate of drug-likeness (QED) is 0.606. The summed E-state index contributed by atoms with van der Waals surface area (Å²) in [7, 11) is 0. The summed E-state index contributed by atoms with van der Waals surface area (Å²) in [5.74, 6) is 1.36. The van der Waals surface area contributed by atoms with Crippen LogP contribution in [0.1, 0.15) is 32.0 Å². The molecule has 0 saturated carbocycles. The molecule has 31 heavy (non-hydrogen) atoms. The summed E-state index contributed by atoms with van der Waals surface area (Å²) >= 11 is 6.06. The van der Waals surface area contributed by atoms with Crippen LogP contribution in [0.2, 0.25) is 5.02 Å². The van der Waals surface area contributed by atoms with Crippen molar-refractivity contribution in [3.63, 3.8) is 0 Å². The molecule has 2 aromatic heterocycles. The first-order valence-electron chi connectivity index (χ1n) is 9.79. The van der Waals surface area contributed by atoms with Gasteiger partial charge in [0.1, 0.15) is 18.2 Å². The Morgan fingerprint density at radius 1 is 1.23 bits per heavy atom. The van der Waals surface area contributed by atoms with Gasteiger partial charge in [-0.05, 0) is 35.9 Å². The number of amides is 1. The lowest BCUT2D eigenvalue weighted by Gasteiger charge is -2.16. The molecule has 1 aliphatic heterocycles. The number of hydrogen-bond donors (Lipinski definition) is 1. The van der Waals surface area contributed by atoms with Crippen molar-refractivity contribution in [1.29, 1.82) is 0 Å². The van der Waals surface area contributed by atoms with Crippen LogP contribution in [0, 0.1) is 0 Å². The molecule has 3 aromatic rings. The molecule has 158 valence electrons. The van der Waals surface area contributed by atoms with Crippen LogP contribution in [0.15, 0.2) is 60.5 Å². The fourth-order valence-corrected chi connectivity index (χ4v) is 3.18. The van der Waals surface area contributed by atoms with Gasteiger partial charge in [0.05, 0.1) is 5.69 Å². The molecule has 0 spiro atoms. The molecule has 0 bridgehead atoms. The molecule has 1 aliphatic rings. The summed E-state index contributed by atoms with van der Waals surface area (Å²) in [5, 5.41) is 8.10. The molecular weight excluding hydrogens is 414 g/mol. The topological polar surface area (TPSA) is 81.9 Å². The van der Waals surface area contributed by atoms with Crippen LogP contribution in [-0.4, -0.2) is 32.3 Å². The van der Waals surface area contributed by atoms with Crippen LogP contribution in [0.4, 0.5) is 5.82 Å². The Morgan fingerprint density at radius 2 is 2.00 bits per heavy atom. The Labute approximate surface area is 185 Å². The molecule has 1 amide bonds. The van der Waals surface area contributed by atoms with Crippen molar-refractivity contribution in [2.24, 2.45) is 0 Å². The summed E-state index contributed by atoms with van der Waals surface area (Å²) < 4.78 is 7.25. The van der Waals surface area contributed by atoms with E-state index in [1.807, 2.05) is 24.3 Å². The van der Waals surface area contributed by atoms with Crippen LogP contribution >= 0.6 is 11.6 Å². The Balaban J connectivity index is 1.55. The number of anilines is 1. The Kier molecular flexibility index (Phi) is 5.61. The summed E-state index contributed by atoms with van der Waals surface area (Å²) in [6.07, 6.45) is 8.40. The SMILES string of the molecule is CC(C)(C)c1cc(NC(=O)/C=C/C2=Cc3cc(Cl)ccc3OC2)n(-c2ncccn2)n1. The number of nitrogens with zero attached hydrogens (tertiary/aromatic N) is 4. The van der Waals surface area contributed by atoms with Crippen LogP contribution in [0.5, 0.6) is 5.75 Å². The molecule has 0 aliphatic carbocycles. The van der Waals surface area contributed by atoms with E-state index >= 15 is 0 Å². The fourth-order valence-electron chi connectivity index (χ4n) is 3.00. The second kappa shape index (κ2) is 8.35. The number of nitrogens with one attached hydrogen (secondary N) is 1. The van der Waals surface area contributed by atoms with E-state index in [2.05, 4.69) is 41.2 Å². The molecule has 0 saturated heterocycles. The number of aromatic nitrogens is 4. The second-order valence-corrected chi connectivity index (χ2v) is 8.57. The first-order valence-corrected chi connectivity index (χ1v) is 10.2. The number of ether oxygens (including phenoxy) is 1. The lowest BCUT2D eigenvalue weighted by Crippen LogP contribution is -2.15. The van der Waals surface area contributed by atoms with E-state index in [0.29, 0.717) is 23.4 Å². The van der Waals surface area contributed by atoms with Gasteiger partial charge in [-0.25, -0.2) is 9.97 Å². The zero-order valence-corrected chi connectivity index (χ0v) is 18.2. The average molecular weight is 436 g/mol. The van der Waals surface area contributed by atoms with Crippen molar-refractivity contribution in [3.05, 3.63) is 76.7 Å². The molecule has 1 N–H and O–H groups in total. The highest BCUT2D eigenvalue weighted by Gasteiger charge is 2.22. The number of carbonyl (C=O) groups excluding carboxylic acids is 1. The Hall–Kier alpha value is -3.45.